The number of halogens is 1. The molecular weight excluding hydrogens is 457 g/mol. The zero-order chi connectivity index (χ0) is 23.6. The molecule has 0 N–H and O–H groups in total. The van der Waals surface area contributed by atoms with Crippen LogP contribution in [0.4, 0.5) is 4.39 Å². The molecule has 5 nitrogen and oxygen atoms in total. The summed E-state index contributed by atoms with van der Waals surface area (Å²) in [6, 6.07) is 11.0. The van der Waals surface area contributed by atoms with Crippen LogP contribution in [0.5, 0.6) is 0 Å². The highest BCUT2D eigenvalue weighted by Gasteiger charge is 2.26. The molecule has 4 rings (SSSR count). The van der Waals surface area contributed by atoms with Gasteiger partial charge < -0.3 is 4.57 Å². The summed E-state index contributed by atoms with van der Waals surface area (Å²) in [5.41, 5.74) is 3.22. The van der Waals surface area contributed by atoms with E-state index in [0.29, 0.717) is 29.4 Å². The maximum atomic E-state index is 14.0. The fourth-order valence-electron chi connectivity index (χ4n) is 4.39. The Morgan fingerprint density at radius 3 is 2.64 bits per heavy atom. The molecule has 0 unspecified atom stereocenters. The molecule has 33 heavy (non-hydrogen) atoms. The normalized spacial score (nSPS) is 15.2. The van der Waals surface area contributed by atoms with Gasteiger partial charge >= 0.3 is 0 Å². The molecule has 8 heteroatoms. The second-order valence-corrected chi connectivity index (χ2v) is 11.9. The summed E-state index contributed by atoms with van der Waals surface area (Å²) < 4.78 is 43.8. The maximum absolute atomic E-state index is 14.0. The summed E-state index contributed by atoms with van der Waals surface area (Å²) in [4.78, 5) is 5.14. The van der Waals surface area contributed by atoms with Crippen LogP contribution in [0.1, 0.15) is 62.6 Å². The highest BCUT2D eigenvalue weighted by Crippen LogP contribution is 2.38. The predicted molar refractivity (Wildman–Crippen MR) is 133 cm³/mol. The molecule has 0 spiro atoms. The van der Waals surface area contributed by atoms with Crippen LogP contribution in [-0.4, -0.2) is 35.9 Å². The fourth-order valence-corrected chi connectivity index (χ4v) is 6.64. The Bertz CT molecular complexity index is 1230. The smallest absolute Gasteiger partial charge is 0.242 e. The molecule has 0 amide bonds. The first-order chi connectivity index (χ1) is 15.8. The van der Waals surface area contributed by atoms with Crippen molar-refractivity contribution in [1.82, 2.24) is 13.9 Å². The van der Waals surface area contributed by atoms with Gasteiger partial charge in [0.15, 0.2) is 5.16 Å². The first-order valence-electron chi connectivity index (χ1n) is 11.7. The van der Waals surface area contributed by atoms with Crippen LogP contribution >= 0.6 is 11.8 Å². The summed E-state index contributed by atoms with van der Waals surface area (Å²) in [6.45, 7) is 4.31. The van der Waals surface area contributed by atoms with Gasteiger partial charge in [0.2, 0.25) is 10.0 Å². The third-order valence-corrected chi connectivity index (χ3v) is 9.33. The number of aromatic nitrogens is 2. The average Bonchev–Trinajstić information content (AvgIpc) is 3.44. The molecule has 178 valence electrons. The highest BCUT2D eigenvalue weighted by molar-refractivity contribution is 7.98. The molecule has 1 aromatic heterocycles. The molecule has 0 saturated heterocycles. The van der Waals surface area contributed by atoms with Gasteiger partial charge in [-0.1, -0.05) is 50.1 Å². The molecule has 0 radical (unpaired) electrons. The van der Waals surface area contributed by atoms with Crippen molar-refractivity contribution in [2.45, 2.75) is 74.2 Å². The monoisotopic (exact) mass is 489 g/mol. The van der Waals surface area contributed by atoms with Crippen molar-refractivity contribution in [3.63, 3.8) is 0 Å². The topological polar surface area (TPSA) is 55.2 Å². The number of hydrogen-bond donors (Lipinski definition) is 0. The van der Waals surface area contributed by atoms with Crippen molar-refractivity contribution < 1.29 is 12.8 Å². The Morgan fingerprint density at radius 2 is 1.94 bits per heavy atom. The molecule has 0 atom stereocenters. The molecule has 1 saturated carbocycles. The van der Waals surface area contributed by atoms with Gasteiger partial charge in [-0.15, -0.1) is 0 Å². The Morgan fingerprint density at radius 1 is 1.18 bits per heavy atom. The maximum Gasteiger partial charge on any atom is 0.242 e. The lowest BCUT2D eigenvalue weighted by Crippen LogP contribution is -2.27. The highest BCUT2D eigenvalue weighted by atomic mass is 32.2. The first kappa shape index (κ1) is 24.2. The number of hydrogen-bond acceptors (Lipinski definition) is 4. The van der Waals surface area contributed by atoms with E-state index in [2.05, 4.69) is 4.57 Å². The van der Waals surface area contributed by atoms with E-state index in [1.807, 2.05) is 19.1 Å². The zero-order valence-electron chi connectivity index (χ0n) is 19.6. The lowest BCUT2D eigenvalue weighted by molar-refractivity contribution is 0.459. The van der Waals surface area contributed by atoms with E-state index in [4.69, 9.17) is 4.98 Å². The van der Waals surface area contributed by atoms with E-state index in [0.717, 1.165) is 41.9 Å². The van der Waals surface area contributed by atoms with E-state index >= 15 is 0 Å². The minimum absolute atomic E-state index is 0.195. The third-order valence-electron chi connectivity index (χ3n) is 6.46. The number of aryl methyl sites for hydroxylation is 1. The molecule has 0 bridgehead atoms. The van der Waals surface area contributed by atoms with Crippen molar-refractivity contribution in [3.05, 3.63) is 53.3 Å². The summed E-state index contributed by atoms with van der Waals surface area (Å²) in [5.74, 6) is 0.414. The molecule has 0 aliphatic heterocycles. The second-order valence-electron chi connectivity index (χ2n) is 8.91. The van der Waals surface area contributed by atoms with E-state index in [9.17, 15) is 12.8 Å². The number of unbranched alkanes of at least 4 members (excludes halogenated alkanes) is 1. The van der Waals surface area contributed by atoms with E-state index in [-0.39, 0.29) is 10.7 Å². The Kier molecular flexibility index (Phi) is 7.46. The number of thioether (sulfide) groups is 1. The van der Waals surface area contributed by atoms with Crippen LogP contribution in [0, 0.1) is 12.7 Å². The van der Waals surface area contributed by atoms with Gasteiger partial charge in [0.1, 0.15) is 5.82 Å². The number of sulfonamides is 1. The first-order valence-corrected chi connectivity index (χ1v) is 14.1. The lowest BCUT2D eigenvalue weighted by atomic mass is 10.2. The molecule has 2 aromatic carbocycles. The molecule has 1 aliphatic carbocycles. The zero-order valence-corrected chi connectivity index (χ0v) is 21.2. The average molecular weight is 490 g/mol. The van der Waals surface area contributed by atoms with Crippen LogP contribution in [0.15, 0.2) is 46.5 Å². The van der Waals surface area contributed by atoms with Crippen LogP contribution in [0.2, 0.25) is 0 Å². The van der Waals surface area contributed by atoms with Crippen molar-refractivity contribution >= 4 is 32.8 Å². The fraction of sp³-hybridized carbons (Fsp3) is 0.480. The third kappa shape index (κ3) is 5.12. The van der Waals surface area contributed by atoms with E-state index in [1.54, 1.807) is 50.0 Å². The summed E-state index contributed by atoms with van der Waals surface area (Å²) in [6.07, 6.45) is 6.33. The summed E-state index contributed by atoms with van der Waals surface area (Å²) in [7, 11) is -1.92. The van der Waals surface area contributed by atoms with E-state index < -0.39 is 10.0 Å². The summed E-state index contributed by atoms with van der Waals surface area (Å²) in [5, 5.41) is 0.867. The Balaban J connectivity index is 1.68. The number of imidazole rings is 1. The second kappa shape index (κ2) is 10.2. The standard InChI is InChI=1S/C25H32FN3O2S2/c1-4-5-14-28(3)33(30,31)21-12-13-24-23(16-21)27-25(29(24)20-8-6-7-9-20)32-17-19-11-10-18(2)22(26)15-19/h10-13,15-16,20H,4-9,14,17H2,1-3H3. The number of nitrogens with zero attached hydrogens (tertiary/aromatic N) is 3. The van der Waals surface area contributed by atoms with Crippen molar-refractivity contribution in [1.29, 1.82) is 0 Å². The molecule has 3 aromatic rings. The SMILES string of the molecule is CCCCN(C)S(=O)(=O)c1ccc2c(c1)nc(SCc1ccc(C)c(F)c1)n2C1CCCC1. The van der Waals surface area contributed by atoms with E-state index in [1.165, 1.54) is 17.1 Å². The van der Waals surface area contributed by atoms with Gasteiger partial charge in [0, 0.05) is 25.4 Å². The number of fused-ring (bicyclic) bond motifs is 1. The van der Waals surface area contributed by atoms with Crippen molar-refractivity contribution in [2.24, 2.45) is 0 Å². The van der Waals surface area contributed by atoms with Crippen LogP contribution in [-0.2, 0) is 15.8 Å². The van der Waals surface area contributed by atoms with Gasteiger partial charge in [0.05, 0.1) is 15.9 Å². The number of benzene rings is 2. The van der Waals surface area contributed by atoms with Gasteiger partial charge in [0.25, 0.3) is 0 Å². The minimum atomic E-state index is -3.55. The molecule has 1 fully saturated rings. The Hall–Kier alpha value is -1.90. The van der Waals surface area contributed by atoms with Crippen LogP contribution in [0.3, 0.4) is 0 Å². The molecule has 1 aliphatic rings. The quantitative estimate of drug-likeness (QED) is 0.331. The minimum Gasteiger partial charge on any atom is -0.316 e. The van der Waals surface area contributed by atoms with Crippen molar-refractivity contribution in [2.75, 3.05) is 13.6 Å². The Labute approximate surface area is 200 Å². The van der Waals surface area contributed by atoms with Crippen molar-refractivity contribution in [3.8, 4) is 0 Å². The number of rotatable bonds is 9. The van der Waals surface area contributed by atoms with Crippen LogP contribution in [0.25, 0.3) is 11.0 Å². The lowest BCUT2D eigenvalue weighted by Gasteiger charge is -2.18. The predicted octanol–water partition coefficient (Wildman–Crippen LogP) is 6.31. The molecular formula is C25H32FN3O2S2. The van der Waals surface area contributed by atoms with Gasteiger partial charge in [-0.3, -0.25) is 0 Å². The van der Waals surface area contributed by atoms with Crippen LogP contribution < -0.4 is 0 Å². The van der Waals surface area contributed by atoms with Gasteiger partial charge in [-0.2, -0.15) is 0 Å². The van der Waals surface area contributed by atoms with Gasteiger partial charge in [-0.25, -0.2) is 22.1 Å². The molecule has 1 heterocycles. The van der Waals surface area contributed by atoms with Gasteiger partial charge in [-0.05, 0) is 61.6 Å². The largest absolute Gasteiger partial charge is 0.316 e. The summed E-state index contributed by atoms with van der Waals surface area (Å²) >= 11 is 1.58.